The maximum atomic E-state index is 12.5. The van der Waals surface area contributed by atoms with E-state index in [-0.39, 0.29) is 18.1 Å². The smallest absolute Gasteiger partial charge is 0.253 e. The third-order valence-electron chi connectivity index (χ3n) is 4.80. The summed E-state index contributed by atoms with van der Waals surface area (Å²) in [5, 5.41) is 3.43. The minimum atomic E-state index is -0.152. The van der Waals surface area contributed by atoms with E-state index in [0.29, 0.717) is 17.1 Å². The van der Waals surface area contributed by atoms with E-state index < -0.39 is 0 Å². The summed E-state index contributed by atoms with van der Waals surface area (Å²) in [5.74, 6) is -0.152. The number of amides is 1. The van der Waals surface area contributed by atoms with Crippen molar-refractivity contribution in [3.05, 3.63) is 64.2 Å². The van der Waals surface area contributed by atoms with E-state index >= 15 is 0 Å². The standard InChI is InChI=1S/C22H27ClN2O2S/c1-15-12-25(13-16(2)27-15)14-18-6-4-17(5-7-18)11-24-22(26)20-10-19(28-3)8-9-21(20)23/h4-10,15-16H,11-14H2,1-3H3,(H,24,26). The van der Waals surface area contributed by atoms with Crippen molar-refractivity contribution in [3.8, 4) is 0 Å². The molecule has 2 aromatic rings. The number of nitrogens with one attached hydrogen (secondary N) is 1. The van der Waals surface area contributed by atoms with Crippen LogP contribution in [0.2, 0.25) is 5.02 Å². The van der Waals surface area contributed by atoms with Gasteiger partial charge in [-0.1, -0.05) is 35.9 Å². The van der Waals surface area contributed by atoms with Gasteiger partial charge in [-0.25, -0.2) is 0 Å². The zero-order valence-electron chi connectivity index (χ0n) is 16.6. The molecule has 1 heterocycles. The second-order valence-electron chi connectivity index (χ2n) is 7.30. The predicted molar refractivity (Wildman–Crippen MR) is 116 cm³/mol. The molecule has 1 aliphatic rings. The number of carbonyl (C=O) groups is 1. The van der Waals surface area contributed by atoms with Gasteiger partial charge in [0.05, 0.1) is 22.8 Å². The Balaban J connectivity index is 1.55. The molecule has 150 valence electrons. The molecule has 6 heteroatoms. The first kappa shape index (κ1) is 21.2. The Morgan fingerprint density at radius 3 is 2.43 bits per heavy atom. The Labute approximate surface area is 176 Å². The van der Waals surface area contributed by atoms with Crippen LogP contribution >= 0.6 is 23.4 Å². The zero-order chi connectivity index (χ0) is 20.1. The quantitative estimate of drug-likeness (QED) is 0.696. The van der Waals surface area contributed by atoms with E-state index in [2.05, 4.69) is 48.3 Å². The van der Waals surface area contributed by atoms with Crippen molar-refractivity contribution in [1.82, 2.24) is 10.2 Å². The minimum Gasteiger partial charge on any atom is -0.373 e. The van der Waals surface area contributed by atoms with Crippen LogP contribution in [0.15, 0.2) is 47.4 Å². The molecule has 0 spiro atoms. The van der Waals surface area contributed by atoms with Gasteiger partial charge < -0.3 is 10.1 Å². The first-order valence-corrected chi connectivity index (χ1v) is 11.1. The molecule has 1 N–H and O–H groups in total. The summed E-state index contributed by atoms with van der Waals surface area (Å²) in [5.41, 5.74) is 2.85. The SMILES string of the molecule is CSc1ccc(Cl)c(C(=O)NCc2ccc(CN3CC(C)OC(C)C3)cc2)c1. The summed E-state index contributed by atoms with van der Waals surface area (Å²) in [4.78, 5) is 15.9. The lowest BCUT2D eigenvalue weighted by atomic mass is 10.1. The van der Waals surface area contributed by atoms with Crippen LogP contribution in [0.3, 0.4) is 0 Å². The number of hydrogen-bond donors (Lipinski definition) is 1. The summed E-state index contributed by atoms with van der Waals surface area (Å²) in [6, 6.07) is 13.9. The van der Waals surface area contributed by atoms with Gasteiger partial charge >= 0.3 is 0 Å². The normalized spacial score (nSPS) is 20.1. The van der Waals surface area contributed by atoms with Crippen molar-refractivity contribution >= 4 is 29.3 Å². The number of hydrogen-bond acceptors (Lipinski definition) is 4. The van der Waals surface area contributed by atoms with E-state index in [4.69, 9.17) is 16.3 Å². The Morgan fingerprint density at radius 1 is 1.14 bits per heavy atom. The van der Waals surface area contributed by atoms with Crippen molar-refractivity contribution in [3.63, 3.8) is 0 Å². The molecule has 0 bridgehead atoms. The summed E-state index contributed by atoms with van der Waals surface area (Å²) < 4.78 is 5.79. The largest absolute Gasteiger partial charge is 0.373 e. The van der Waals surface area contributed by atoms with E-state index in [0.717, 1.165) is 30.1 Å². The lowest BCUT2D eigenvalue weighted by molar-refractivity contribution is -0.0704. The number of halogens is 1. The topological polar surface area (TPSA) is 41.6 Å². The average Bonchev–Trinajstić information content (AvgIpc) is 2.67. The number of rotatable bonds is 6. The molecule has 2 atom stereocenters. The number of benzene rings is 2. The van der Waals surface area contributed by atoms with Gasteiger partial charge in [0.15, 0.2) is 0 Å². The van der Waals surface area contributed by atoms with Gasteiger partial charge in [0.2, 0.25) is 0 Å². The molecule has 3 rings (SSSR count). The fourth-order valence-corrected chi connectivity index (χ4v) is 4.16. The summed E-state index contributed by atoms with van der Waals surface area (Å²) in [7, 11) is 0. The van der Waals surface area contributed by atoms with Gasteiger partial charge in [0, 0.05) is 31.1 Å². The van der Waals surface area contributed by atoms with Crippen LogP contribution in [0.1, 0.15) is 35.3 Å². The van der Waals surface area contributed by atoms with Crippen LogP contribution in [-0.2, 0) is 17.8 Å². The highest BCUT2D eigenvalue weighted by atomic mass is 35.5. The first-order chi connectivity index (χ1) is 13.4. The Hall–Kier alpha value is -1.53. The number of nitrogens with zero attached hydrogens (tertiary/aromatic N) is 1. The highest BCUT2D eigenvalue weighted by Crippen LogP contribution is 2.23. The highest BCUT2D eigenvalue weighted by molar-refractivity contribution is 7.98. The molecule has 2 unspecified atom stereocenters. The minimum absolute atomic E-state index is 0.152. The van der Waals surface area contributed by atoms with Crippen molar-refractivity contribution in [2.75, 3.05) is 19.3 Å². The van der Waals surface area contributed by atoms with Crippen molar-refractivity contribution in [1.29, 1.82) is 0 Å². The van der Waals surface area contributed by atoms with Gasteiger partial charge in [-0.15, -0.1) is 11.8 Å². The second kappa shape index (κ2) is 9.79. The molecular formula is C22H27ClN2O2S. The van der Waals surface area contributed by atoms with Gasteiger partial charge in [0.1, 0.15) is 0 Å². The average molecular weight is 419 g/mol. The van der Waals surface area contributed by atoms with E-state index in [9.17, 15) is 4.79 Å². The van der Waals surface area contributed by atoms with Gasteiger partial charge in [0.25, 0.3) is 5.91 Å². The lowest BCUT2D eigenvalue weighted by Crippen LogP contribution is -2.44. The van der Waals surface area contributed by atoms with Gasteiger partial charge in [-0.05, 0) is 49.4 Å². The molecule has 4 nitrogen and oxygen atoms in total. The van der Waals surface area contributed by atoms with Crippen LogP contribution in [0.5, 0.6) is 0 Å². The Bertz CT molecular complexity index is 803. The van der Waals surface area contributed by atoms with Crippen LogP contribution in [-0.4, -0.2) is 42.4 Å². The van der Waals surface area contributed by atoms with Crippen LogP contribution in [0.4, 0.5) is 0 Å². The molecule has 28 heavy (non-hydrogen) atoms. The number of thioether (sulfide) groups is 1. The zero-order valence-corrected chi connectivity index (χ0v) is 18.1. The van der Waals surface area contributed by atoms with E-state index in [1.165, 1.54) is 5.56 Å². The van der Waals surface area contributed by atoms with Gasteiger partial charge in [-0.2, -0.15) is 0 Å². The van der Waals surface area contributed by atoms with E-state index in [1.807, 2.05) is 18.4 Å². The van der Waals surface area contributed by atoms with Crippen molar-refractivity contribution < 1.29 is 9.53 Å². The predicted octanol–water partition coefficient (Wildman–Crippen LogP) is 4.60. The molecule has 1 saturated heterocycles. The van der Waals surface area contributed by atoms with E-state index in [1.54, 1.807) is 17.8 Å². The van der Waals surface area contributed by atoms with Crippen molar-refractivity contribution in [2.24, 2.45) is 0 Å². The highest BCUT2D eigenvalue weighted by Gasteiger charge is 2.21. The molecule has 2 aromatic carbocycles. The molecule has 1 aliphatic heterocycles. The number of morpholine rings is 1. The molecule has 0 radical (unpaired) electrons. The Morgan fingerprint density at radius 2 is 1.79 bits per heavy atom. The monoisotopic (exact) mass is 418 g/mol. The van der Waals surface area contributed by atoms with Gasteiger partial charge in [-0.3, -0.25) is 9.69 Å². The van der Waals surface area contributed by atoms with Crippen molar-refractivity contribution in [2.45, 2.75) is 44.0 Å². The number of ether oxygens (including phenoxy) is 1. The third-order valence-corrected chi connectivity index (χ3v) is 5.85. The molecular weight excluding hydrogens is 392 g/mol. The molecule has 0 aromatic heterocycles. The number of carbonyl (C=O) groups excluding carboxylic acids is 1. The molecule has 1 amide bonds. The summed E-state index contributed by atoms with van der Waals surface area (Å²) >= 11 is 7.77. The third kappa shape index (κ3) is 5.74. The molecule has 0 aliphatic carbocycles. The Kier molecular flexibility index (Phi) is 7.41. The van der Waals surface area contributed by atoms with Crippen LogP contribution in [0.25, 0.3) is 0 Å². The van der Waals surface area contributed by atoms with Crippen LogP contribution < -0.4 is 5.32 Å². The molecule has 1 fully saturated rings. The summed E-state index contributed by atoms with van der Waals surface area (Å²) in [6.45, 7) is 7.55. The fraction of sp³-hybridized carbons (Fsp3) is 0.409. The second-order valence-corrected chi connectivity index (χ2v) is 8.58. The molecule has 0 saturated carbocycles. The van der Waals surface area contributed by atoms with Crippen LogP contribution in [0, 0.1) is 0 Å². The fourth-order valence-electron chi connectivity index (χ4n) is 3.52. The maximum Gasteiger partial charge on any atom is 0.253 e. The first-order valence-electron chi connectivity index (χ1n) is 9.52. The maximum absolute atomic E-state index is 12.5. The summed E-state index contributed by atoms with van der Waals surface area (Å²) in [6.07, 6.45) is 2.52. The lowest BCUT2D eigenvalue weighted by Gasteiger charge is -2.35.